The first-order valence-corrected chi connectivity index (χ1v) is 7.27. The van der Waals surface area contributed by atoms with Gasteiger partial charge in [-0.05, 0) is 31.5 Å². The first kappa shape index (κ1) is 18.0. The summed E-state index contributed by atoms with van der Waals surface area (Å²) >= 11 is 0. The Balaban J connectivity index is 2.49. The molecule has 22 heavy (non-hydrogen) atoms. The largest absolute Gasteiger partial charge is 0.493 e. The van der Waals surface area contributed by atoms with Crippen molar-refractivity contribution in [3.63, 3.8) is 0 Å². The summed E-state index contributed by atoms with van der Waals surface area (Å²) in [4.78, 5) is 22.6. The summed E-state index contributed by atoms with van der Waals surface area (Å²) in [6.45, 7) is 2.93. The second-order valence-corrected chi connectivity index (χ2v) is 5.03. The van der Waals surface area contributed by atoms with Crippen molar-refractivity contribution in [2.24, 2.45) is 0 Å². The lowest BCUT2D eigenvalue weighted by molar-refractivity contribution is -0.137. The Bertz CT molecular complexity index is 489. The summed E-state index contributed by atoms with van der Waals surface area (Å²) in [5.41, 5.74) is 0.492. The van der Waals surface area contributed by atoms with Crippen molar-refractivity contribution in [2.75, 3.05) is 20.3 Å². The summed E-state index contributed by atoms with van der Waals surface area (Å²) < 4.78 is 10.5. The molecule has 0 heterocycles. The number of carbonyl (C=O) groups is 2. The van der Waals surface area contributed by atoms with Crippen molar-refractivity contribution in [1.82, 2.24) is 5.32 Å². The third-order valence-corrected chi connectivity index (χ3v) is 3.03. The van der Waals surface area contributed by atoms with Crippen LogP contribution in [0.3, 0.4) is 0 Å². The summed E-state index contributed by atoms with van der Waals surface area (Å²) in [5.74, 6) is -0.477. The number of hydrogen-bond acceptors (Lipinski definition) is 4. The molecule has 1 aromatic carbocycles. The van der Waals surface area contributed by atoms with Crippen LogP contribution in [-0.2, 0) is 9.53 Å². The Kier molecular flexibility index (Phi) is 7.99. The van der Waals surface area contributed by atoms with E-state index in [9.17, 15) is 9.59 Å². The quantitative estimate of drug-likeness (QED) is 0.646. The molecule has 122 valence electrons. The molecule has 1 atom stereocenters. The number of amides is 1. The molecule has 0 spiro atoms. The predicted molar refractivity (Wildman–Crippen MR) is 82.2 cm³/mol. The SMILES string of the molecule is COCCCOc1cccc(C(=O)NC(C)CCC(=O)O)c1. The zero-order valence-electron chi connectivity index (χ0n) is 13.0. The average molecular weight is 309 g/mol. The Morgan fingerprint density at radius 2 is 2.09 bits per heavy atom. The highest BCUT2D eigenvalue weighted by Gasteiger charge is 2.11. The van der Waals surface area contributed by atoms with Gasteiger partial charge in [0.1, 0.15) is 5.75 Å². The van der Waals surface area contributed by atoms with Crippen LogP contribution in [0, 0.1) is 0 Å². The van der Waals surface area contributed by atoms with E-state index in [0.717, 1.165) is 6.42 Å². The van der Waals surface area contributed by atoms with Gasteiger partial charge in [-0.2, -0.15) is 0 Å². The molecule has 0 radical (unpaired) electrons. The van der Waals surface area contributed by atoms with E-state index in [2.05, 4.69) is 5.32 Å². The van der Waals surface area contributed by atoms with Gasteiger partial charge in [-0.25, -0.2) is 0 Å². The lowest BCUT2D eigenvalue weighted by Crippen LogP contribution is -2.32. The molecular weight excluding hydrogens is 286 g/mol. The summed E-state index contributed by atoms with van der Waals surface area (Å²) in [6, 6.07) is 6.71. The number of aliphatic carboxylic acids is 1. The van der Waals surface area contributed by atoms with Gasteiger partial charge in [-0.1, -0.05) is 6.07 Å². The maximum absolute atomic E-state index is 12.1. The van der Waals surface area contributed by atoms with Gasteiger partial charge in [-0.3, -0.25) is 9.59 Å². The molecule has 0 saturated carbocycles. The van der Waals surface area contributed by atoms with Gasteiger partial charge in [0.15, 0.2) is 0 Å². The van der Waals surface area contributed by atoms with E-state index >= 15 is 0 Å². The fourth-order valence-electron chi connectivity index (χ4n) is 1.84. The topological polar surface area (TPSA) is 84.9 Å². The lowest BCUT2D eigenvalue weighted by atomic mass is 10.1. The fourth-order valence-corrected chi connectivity index (χ4v) is 1.84. The maximum atomic E-state index is 12.1. The molecule has 2 N–H and O–H groups in total. The van der Waals surface area contributed by atoms with E-state index in [1.54, 1.807) is 38.3 Å². The molecule has 0 aliphatic rings. The lowest BCUT2D eigenvalue weighted by Gasteiger charge is -2.13. The van der Waals surface area contributed by atoms with E-state index < -0.39 is 5.97 Å². The molecule has 1 aromatic rings. The normalized spacial score (nSPS) is 11.7. The van der Waals surface area contributed by atoms with Crippen molar-refractivity contribution in [3.05, 3.63) is 29.8 Å². The van der Waals surface area contributed by atoms with Crippen LogP contribution >= 0.6 is 0 Å². The van der Waals surface area contributed by atoms with Gasteiger partial charge >= 0.3 is 5.97 Å². The molecule has 6 nitrogen and oxygen atoms in total. The number of carboxylic acid groups (broad SMARTS) is 1. The minimum absolute atomic E-state index is 0.0318. The minimum Gasteiger partial charge on any atom is -0.493 e. The third-order valence-electron chi connectivity index (χ3n) is 3.03. The molecule has 0 saturated heterocycles. The Labute approximate surface area is 130 Å². The third kappa shape index (κ3) is 7.08. The van der Waals surface area contributed by atoms with E-state index in [1.165, 1.54) is 0 Å². The first-order chi connectivity index (χ1) is 10.5. The molecule has 1 unspecified atom stereocenters. The zero-order chi connectivity index (χ0) is 16.4. The van der Waals surface area contributed by atoms with Crippen molar-refractivity contribution in [1.29, 1.82) is 0 Å². The van der Waals surface area contributed by atoms with Crippen LogP contribution in [-0.4, -0.2) is 43.3 Å². The van der Waals surface area contributed by atoms with Crippen LogP contribution in [0.5, 0.6) is 5.75 Å². The van der Waals surface area contributed by atoms with Gasteiger partial charge in [0.2, 0.25) is 0 Å². The predicted octanol–water partition coefficient (Wildman–Crippen LogP) is 2.08. The van der Waals surface area contributed by atoms with Crippen LogP contribution in [0.15, 0.2) is 24.3 Å². The molecule has 0 aliphatic carbocycles. The van der Waals surface area contributed by atoms with E-state index in [-0.39, 0.29) is 18.4 Å². The molecule has 6 heteroatoms. The summed E-state index contributed by atoms with van der Waals surface area (Å²) in [5, 5.41) is 11.4. The van der Waals surface area contributed by atoms with Crippen LogP contribution in [0.1, 0.15) is 36.5 Å². The molecule has 0 bridgehead atoms. The van der Waals surface area contributed by atoms with Gasteiger partial charge in [0.25, 0.3) is 5.91 Å². The van der Waals surface area contributed by atoms with Gasteiger partial charge < -0.3 is 19.9 Å². The number of benzene rings is 1. The summed E-state index contributed by atoms with van der Waals surface area (Å²) in [7, 11) is 1.64. The number of nitrogens with one attached hydrogen (secondary N) is 1. The Morgan fingerprint density at radius 1 is 1.32 bits per heavy atom. The van der Waals surface area contributed by atoms with E-state index in [1.807, 2.05) is 0 Å². The maximum Gasteiger partial charge on any atom is 0.303 e. The van der Waals surface area contributed by atoms with Gasteiger partial charge in [-0.15, -0.1) is 0 Å². The second-order valence-electron chi connectivity index (χ2n) is 5.03. The fraction of sp³-hybridized carbons (Fsp3) is 0.500. The van der Waals surface area contributed by atoms with Gasteiger partial charge in [0.05, 0.1) is 6.61 Å². The average Bonchev–Trinajstić information content (AvgIpc) is 2.50. The summed E-state index contributed by atoms with van der Waals surface area (Å²) in [6.07, 6.45) is 1.21. The number of carbonyl (C=O) groups excluding carboxylic acids is 1. The highest BCUT2D eigenvalue weighted by Crippen LogP contribution is 2.14. The number of rotatable bonds is 10. The first-order valence-electron chi connectivity index (χ1n) is 7.27. The van der Waals surface area contributed by atoms with Crippen molar-refractivity contribution < 1.29 is 24.2 Å². The van der Waals surface area contributed by atoms with Crippen molar-refractivity contribution in [3.8, 4) is 5.75 Å². The second kappa shape index (κ2) is 9.78. The number of hydrogen-bond donors (Lipinski definition) is 2. The number of carboxylic acids is 1. The standard InChI is InChI=1S/C16H23NO5/c1-12(7-8-15(18)19)17-16(20)13-5-3-6-14(11-13)22-10-4-9-21-2/h3,5-6,11-12H,4,7-10H2,1-2H3,(H,17,20)(H,18,19). The van der Waals surface area contributed by atoms with Crippen LogP contribution in [0.25, 0.3) is 0 Å². The van der Waals surface area contributed by atoms with Crippen LogP contribution in [0.2, 0.25) is 0 Å². The van der Waals surface area contributed by atoms with Crippen LogP contribution in [0.4, 0.5) is 0 Å². The zero-order valence-corrected chi connectivity index (χ0v) is 13.0. The molecule has 1 rings (SSSR count). The molecular formula is C16H23NO5. The molecule has 1 amide bonds. The monoisotopic (exact) mass is 309 g/mol. The van der Waals surface area contributed by atoms with Crippen LogP contribution < -0.4 is 10.1 Å². The Hall–Kier alpha value is -2.08. The number of ether oxygens (including phenoxy) is 2. The smallest absolute Gasteiger partial charge is 0.303 e. The molecule has 0 fully saturated rings. The van der Waals surface area contributed by atoms with E-state index in [0.29, 0.717) is 30.9 Å². The Morgan fingerprint density at radius 3 is 2.77 bits per heavy atom. The highest BCUT2D eigenvalue weighted by atomic mass is 16.5. The highest BCUT2D eigenvalue weighted by molar-refractivity contribution is 5.94. The molecule has 0 aliphatic heterocycles. The van der Waals surface area contributed by atoms with Crippen molar-refractivity contribution in [2.45, 2.75) is 32.2 Å². The van der Waals surface area contributed by atoms with E-state index in [4.69, 9.17) is 14.6 Å². The minimum atomic E-state index is -0.868. The molecule has 0 aromatic heterocycles. The number of methoxy groups -OCH3 is 1. The van der Waals surface area contributed by atoms with Crippen molar-refractivity contribution >= 4 is 11.9 Å². The van der Waals surface area contributed by atoms with Gasteiger partial charge in [0, 0.05) is 38.2 Å².